The summed E-state index contributed by atoms with van der Waals surface area (Å²) in [6.07, 6.45) is 2.44. The Balaban J connectivity index is 0.00000450. The summed E-state index contributed by atoms with van der Waals surface area (Å²) in [5, 5.41) is 10.8. The summed E-state index contributed by atoms with van der Waals surface area (Å²) in [5.41, 5.74) is 3.88. The molecule has 2 N–H and O–H groups in total. The molecule has 0 aliphatic rings. The van der Waals surface area contributed by atoms with Gasteiger partial charge in [-0.3, -0.25) is 4.79 Å². The predicted molar refractivity (Wildman–Crippen MR) is 132 cm³/mol. The first-order valence-corrected chi connectivity index (χ1v) is 10.3. The van der Waals surface area contributed by atoms with Gasteiger partial charge in [0.1, 0.15) is 5.76 Å². The van der Waals surface area contributed by atoms with Gasteiger partial charge in [-0.25, -0.2) is 4.99 Å². The highest BCUT2D eigenvalue weighted by Gasteiger charge is 2.13. The SMILES string of the molecule is CCNC(=NCc1c(CC)noc1CC)NCCc1cccc(C(=O)N(C)C)c1.I. The molecule has 8 heteroatoms. The number of nitrogens with one attached hydrogen (secondary N) is 2. The summed E-state index contributed by atoms with van der Waals surface area (Å²) in [6.45, 7) is 8.22. The van der Waals surface area contributed by atoms with E-state index < -0.39 is 0 Å². The standard InChI is InChI=1S/C22H33N5O2.HI/c1-6-19-18(20(7-2)29-26-19)15-25-22(23-8-3)24-13-12-16-10-9-11-17(14-16)21(28)27(4)5;/h9-11,14H,6-8,12-13,15H2,1-5H3,(H2,23,24,25);1H. The molecule has 2 aromatic rings. The van der Waals surface area contributed by atoms with Gasteiger partial charge in [0, 0.05) is 44.7 Å². The number of carbonyl (C=O) groups is 1. The van der Waals surface area contributed by atoms with Crippen molar-refractivity contribution in [1.82, 2.24) is 20.7 Å². The number of nitrogens with zero attached hydrogens (tertiary/aromatic N) is 3. The highest BCUT2D eigenvalue weighted by atomic mass is 127. The van der Waals surface area contributed by atoms with Crippen LogP contribution in [0.4, 0.5) is 0 Å². The fraction of sp³-hybridized carbons (Fsp3) is 0.500. The quantitative estimate of drug-likeness (QED) is 0.297. The Morgan fingerprint density at radius 3 is 2.57 bits per heavy atom. The monoisotopic (exact) mass is 527 g/mol. The van der Waals surface area contributed by atoms with E-state index in [1.54, 1.807) is 19.0 Å². The zero-order valence-electron chi connectivity index (χ0n) is 18.6. The number of aryl methyl sites for hydroxylation is 2. The maximum atomic E-state index is 12.1. The van der Waals surface area contributed by atoms with Crippen molar-refractivity contribution in [2.75, 3.05) is 27.2 Å². The molecule has 0 radical (unpaired) electrons. The predicted octanol–water partition coefficient (Wildman–Crippen LogP) is 3.42. The van der Waals surface area contributed by atoms with Crippen LogP contribution in [0.2, 0.25) is 0 Å². The number of halogens is 1. The maximum absolute atomic E-state index is 12.1. The zero-order valence-corrected chi connectivity index (χ0v) is 20.9. The minimum Gasteiger partial charge on any atom is -0.361 e. The third-order valence-electron chi connectivity index (χ3n) is 4.63. The second-order valence-corrected chi connectivity index (χ2v) is 7.01. The van der Waals surface area contributed by atoms with E-state index in [0.29, 0.717) is 12.1 Å². The molecule has 1 heterocycles. The Morgan fingerprint density at radius 1 is 1.17 bits per heavy atom. The van der Waals surface area contributed by atoms with Gasteiger partial charge in [0.15, 0.2) is 5.96 Å². The Morgan fingerprint density at radius 2 is 1.93 bits per heavy atom. The minimum atomic E-state index is 0. The molecule has 1 amide bonds. The molecule has 0 saturated heterocycles. The molecule has 166 valence electrons. The Hall–Kier alpha value is -2.10. The van der Waals surface area contributed by atoms with Gasteiger partial charge >= 0.3 is 0 Å². The Kier molecular flexibility index (Phi) is 11.5. The lowest BCUT2D eigenvalue weighted by Crippen LogP contribution is -2.38. The number of aromatic nitrogens is 1. The molecule has 7 nitrogen and oxygen atoms in total. The van der Waals surface area contributed by atoms with E-state index in [0.717, 1.165) is 60.9 Å². The molecule has 0 fully saturated rings. The largest absolute Gasteiger partial charge is 0.361 e. The number of guanidine groups is 1. The number of benzene rings is 1. The topological polar surface area (TPSA) is 82.8 Å². The van der Waals surface area contributed by atoms with Crippen LogP contribution in [-0.2, 0) is 25.8 Å². The molecule has 0 atom stereocenters. The van der Waals surface area contributed by atoms with Crippen LogP contribution in [0.15, 0.2) is 33.8 Å². The third kappa shape index (κ3) is 7.30. The average Bonchev–Trinajstić information content (AvgIpc) is 3.13. The molecule has 0 bridgehead atoms. The van der Waals surface area contributed by atoms with Crippen molar-refractivity contribution in [1.29, 1.82) is 0 Å². The van der Waals surface area contributed by atoms with Crippen molar-refractivity contribution >= 4 is 35.8 Å². The van der Waals surface area contributed by atoms with E-state index in [9.17, 15) is 4.79 Å². The van der Waals surface area contributed by atoms with Crippen LogP contribution in [0, 0.1) is 0 Å². The highest BCUT2D eigenvalue weighted by Crippen LogP contribution is 2.16. The van der Waals surface area contributed by atoms with Gasteiger partial charge in [-0.2, -0.15) is 0 Å². The second kappa shape index (κ2) is 13.3. The van der Waals surface area contributed by atoms with Gasteiger partial charge in [0.2, 0.25) is 0 Å². The van der Waals surface area contributed by atoms with Crippen molar-refractivity contribution in [3.05, 3.63) is 52.4 Å². The zero-order chi connectivity index (χ0) is 21.2. The molecule has 1 aromatic heterocycles. The van der Waals surface area contributed by atoms with E-state index >= 15 is 0 Å². The van der Waals surface area contributed by atoms with Crippen molar-refractivity contribution in [3.8, 4) is 0 Å². The number of amides is 1. The lowest BCUT2D eigenvalue weighted by molar-refractivity contribution is 0.0827. The number of aliphatic imine (C=N–C) groups is 1. The second-order valence-electron chi connectivity index (χ2n) is 7.01. The van der Waals surface area contributed by atoms with Gasteiger partial charge in [-0.1, -0.05) is 31.1 Å². The molecule has 0 spiro atoms. The minimum absolute atomic E-state index is 0. The van der Waals surface area contributed by atoms with Gasteiger partial charge in [0.05, 0.1) is 12.2 Å². The highest BCUT2D eigenvalue weighted by molar-refractivity contribution is 14.0. The molecular weight excluding hydrogens is 493 g/mol. The summed E-state index contributed by atoms with van der Waals surface area (Å²) in [5.74, 6) is 1.68. The lowest BCUT2D eigenvalue weighted by Gasteiger charge is -2.13. The molecule has 30 heavy (non-hydrogen) atoms. The fourth-order valence-electron chi connectivity index (χ4n) is 3.06. The van der Waals surface area contributed by atoms with Gasteiger partial charge in [-0.15, -0.1) is 24.0 Å². The molecule has 0 saturated carbocycles. The smallest absolute Gasteiger partial charge is 0.253 e. The maximum Gasteiger partial charge on any atom is 0.253 e. The van der Waals surface area contributed by atoms with Crippen molar-refractivity contribution in [2.24, 2.45) is 4.99 Å². The molecular formula is C22H34IN5O2. The molecule has 0 aliphatic carbocycles. The lowest BCUT2D eigenvalue weighted by atomic mass is 10.1. The molecule has 0 aliphatic heterocycles. The Labute approximate surface area is 196 Å². The number of rotatable bonds is 9. The van der Waals surface area contributed by atoms with Crippen molar-refractivity contribution in [2.45, 2.75) is 46.6 Å². The van der Waals surface area contributed by atoms with Crippen LogP contribution >= 0.6 is 24.0 Å². The number of carbonyl (C=O) groups excluding carboxylic acids is 1. The van der Waals surface area contributed by atoms with Crippen LogP contribution in [0.1, 0.15) is 53.7 Å². The average molecular weight is 527 g/mol. The van der Waals surface area contributed by atoms with E-state index in [4.69, 9.17) is 9.52 Å². The molecule has 1 aromatic carbocycles. The normalized spacial score (nSPS) is 11.0. The van der Waals surface area contributed by atoms with Crippen molar-refractivity contribution in [3.63, 3.8) is 0 Å². The summed E-state index contributed by atoms with van der Waals surface area (Å²) in [7, 11) is 3.53. The summed E-state index contributed by atoms with van der Waals surface area (Å²) in [4.78, 5) is 18.4. The van der Waals surface area contributed by atoms with Crippen LogP contribution in [-0.4, -0.2) is 49.1 Å². The fourth-order valence-corrected chi connectivity index (χ4v) is 3.06. The first-order chi connectivity index (χ1) is 14.0. The van der Waals surface area contributed by atoms with Crippen LogP contribution in [0.25, 0.3) is 0 Å². The van der Waals surface area contributed by atoms with Gasteiger partial charge < -0.3 is 20.1 Å². The molecule has 0 unspecified atom stereocenters. The van der Waals surface area contributed by atoms with E-state index in [1.165, 1.54) is 0 Å². The van der Waals surface area contributed by atoms with E-state index in [-0.39, 0.29) is 29.9 Å². The van der Waals surface area contributed by atoms with Crippen LogP contribution in [0.3, 0.4) is 0 Å². The Bertz CT molecular complexity index is 811. The van der Waals surface area contributed by atoms with Crippen molar-refractivity contribution < 1.29 is 9.32 Å². The number of hydrogen-bond acceptors (Lipinski definition) is 4. The third-order valence-corrected chi connectivity index (χ3v) is 4.63. The van der Waals surface area contributed by atoms with Crippen LogP contribution < -0.4 is 10.6 Å². The molecule has 2 rings (SSSR count). The number of hydrogen-bond donors (Lipinski definition) is 2. The first-order valence-electron chi connectivity index (χ1n) is 10.3. The summed E-state index contributed by atoms with van der Waals surface area (Å²) >= 11 is 0. The summed E-state index contributed by atoms with van der Waals surface area (Å²) < 4.78 is 5.42. The van der Waals surface area contributed by atoms with Crippen LogP contribution in [0.5, 0.6) is 0 Å². The van der Waals surface area contributed by atoms with E-state index in [2.05, 4.69) is 29.6 Å². The van der Waals surface area contributed by atoms with E-state index in [1.807, 2.05) is 31.2 Å². The van der Waals surface area contributed by atoms with Gasteiger partial charge in [-0.05, 0) is 37.5 Å². The van der Waals surface area contributed by atoms with Gasteiger partial charge in [0.25, 0.3) is 5.91 Å². The first kappa shape index (κ1) is 25.9. The summed E-state index contributed by atoms with van der Waals surface area (Å²) in [6, 6.07) is 7.76.